The van der Waals surface area contributed by atoms with Gasteiger partial charge in [-0.05, 0) is 218 Å². The number of halogens is 6. The molecule has 6 fully saturated rings. The third kappa shape index (κ3) is 29.5. The van der Waals surface area contributed by atoms with Crippen LogP contribution in [0.1, 0.15) is 55.2 Å². The lowest BCUT2D eigenvalue weighted by Gasteiger charge is -2.36. The Morgan fingerprint density at radius 1 is 0.342 bits per heavy atom. The molecule has 36 nitrogen and oxygen atoms in total. The zero-order valence-corrected chi connectivity index (χ0v) is 92.4. The van der Waals surface area contributed by atoms with Gasteiger partial charge < -0.3 is 66.2 Å². The maximum absolute atomic E-state index is 14.2. The highest BCUT2D eigenvalue weighted by molar-refractivity contribution is 7.90. The van der Waals surface area contributed by atoms with Crippen molar-refractivity contribution in [3.8, 4) is 0 Å². The summed E-state index contributed by atoms with van der Waals surface area (Å²) in [6.07, 6.45) is 11.5. The quantitative estimate of drug-likeness (QED) is 0.0228. The van der Waals surface area contributed by atoms with E-state index >= 15 is 0 Å². The van der Waals surface area contributed by atoms with E-state index in [0.29, 0.717) is 101 Å². The molecule has 0 atom stereocenters. The first-order valence-corrected chi connectivity index (χ1v) is 56.8. The van der Waals surface area contributed by atoms with Gasteiger partial charge in [0.15, 0.2) is 23.3 Å². The summed E-state index contributed by atoms with van der Waals surface area (Å²) in [5.74, 6) is 1.99. The largest absolute Gasteiger partial charge is 0.372 e. The molecule has 46 heteroatoms. The van der Waals surface area contributed by atoms with Crippen LogP contribution in [0.4, 0.5) is 103 Å². The van der Waals surface area contributed by atoms with Crippen LogP contribution in [0.25, 0.3) is 0 Å². The Labute approximate surface area is 899 Å². The molecule has 149 heavy (non-hydrogen) atoms. The molecule has 0 unspecified atom stereocenters. The molecule has 0 radical (unpaired) electrons. The number of piperidine rings is 1. The van der Waals surface area contributed by atoms with Gasteiger partial charge in [0.25, 0.3) is 0 Å². The monoisotopic (exact) mass is 2210 g/mol. The summed E-state index contributed by atoms with van der Waals surface area (Å²) in [7, 11) is 5.21. The van der Waals surface area contributed by atoms with Gasteiger partial charge in [0.2, 0.25) is 63.9 Å². The number of para-hydroxylation sites is 2. The van der Waals surface area contributed by atoms with Crippen molar-refractivity contribution in [1.82, 2.24) is 91.4 Å². The van der Waals surface area contributed by atoms with Crippen LogP contribution in [0.5, 0.6) is 0 Å². The molecule has 0 amide bonds. The van der Waals surface area contributed by atoms with Crippen LogP contribution >= 0.6 is 58.0 Å². The Kier molecular flexibility index (Phi) is 38.4. The van der Waals surface area contributed by atoms with Gasteiger partial charge in [-0.1, -0.05) is 119 Å². The van der Waals surface area contributed by atoms with Crippen molar-refractivity contribution < 1.29 is 38.1 Å². The van der Waals surface area contributed by atoms with E-state index in [1.807, 2.05) is 48.5 Å². The summed E-state index contributed by atoms with van der Waals surface area (Å²) in [5.41, 5.74) is 9.68. The molecule has 8 aromatic carbocycles. The normalized spacial score (nSPS) is 16.4. The van der Waals surface area contributed by atoms with E-state index in [4.69, 9.17) is 58.0 Å². The predicted molar refractivity (Wildman–Crippen MR) is 595 cm³/mol. The molecule has 0 spiro atoms. The standard InChI is InChI=1S/C27H33ClFN7O2S.C26H31Cl2N7O2S.C26H34ClN7O2S.C24H30ClN7O2S/c1-33-13-15-35(16-14-33)19-20-5-8-22(9-6-20)31-27-30-18-23(28)26(32-27)34(2)24-10-7-21(29)17-25(24)39(37,38)36-11-3-4-12-36;1-33-12-14-34(15-13-33)18-19-4-7-21(8-5-19)30-26-29-17-22(28)25(32-26)31-23-9-6-20(27)16-24(23)38(36,37)35-10-2-3-11-35;1-31(2)37(35,36)24-9-7-6-8-23(24)34(5)25-22(27)18-28-26(30-25)29-19-10-12-20(13-11-19)33(4)21-14-16-32(3)17-15-21;1-30(2)35(33,34)22-7-5-4-6-21(22)28-23-20(25)16-26-24(29-23)27-19-10-8-18(9-11-19)17-32-14-12-31(3)13-15-32/h5-10,17-18H,3-4,11-16,19H2,1-2H3,(H,30,31,32);4-9,16-17H,2-3,10-15,18H2,1H3,(H2,29,30,31,32);6-13,18,21H,14-17H2,1-5H3,(H,28,29,30);4-11,16H,12-15,17H2,1-3H3,(H2,26,27,28,29). The van der Waals surface area contributed by atoms with Crippen LogP contribution < -0.4 is 46.6 Å². The molecule has 4 aromatic heterocycles. The number of sulfonamides is 4. The van der Waals surface area contributed by atoms with Crippen molar-refractivity contribution in [3.05, 3.63) is 254 Å². The van der Waals surface area contributed by atoms with Crippen LogP contribution in [-0.4, -0.2) is 326 Å². The fourth-order valence-corrected chi connectivity index (χ4v) is 24.2. The lowest BCUT2D eigenvalue weighted by molar-refractivity contribution is 0.148. The van der Waals surface area contributed by atoms with E-state index in [1.54, 1.807) is 78.5 Å². The number of nitrogens with one attached hydrogen (secondary N) is 6. The summed E-state index contributed by atoms with van der Waals surface area (Å²) in [6.45, 7) is 19.7. The first kappa shape index (κ1) is 112. The minimum atomic E-state index is -3.89. The molecular formula is C103H128Cl5FN28O8S4. The summed E-state index contributed by atoms with van der Waals surface area (Å²) >= 11 is 31.8. The van der Waals surface area contributed by atoms with Crippen molar-refractivity contribution in [3.63, 3.8) is 0 Å². The molecular weight excluding hydrogens is 2080 g/mol. The Hall–Kier alpha value is -11.0. The SMILES string of the molecule is CN1CCC(N(C)c2ccc(Nc3ncc(Cl)c(N(C)c4ccccc4S(=O)(=O)N(C)C)n3)cc2)CC1.CN1CCN(Cc2ccc(Nc3ncc(Cl)c(N(C)c4ccc(F)cc4S(=O)(=O)N4CCCC4)n3)cc2)CC1.CN1CCN(Cc2ccc(Nc3ncc(Cl)c(Nc4ccc(Cl)cc4S(=O)(=O)N4CCCC4)n3)cc2)CC1.CN1CCN(Cc2ccc(Nc3ncc(Cl)c(Nc4ccccc4S(=O)(=O)N(C)C)n3)cc2)CC1. The zero-order valence-electron chi connectivity index (χ0n) is 85.3. The second-order valence-electron chi connectivity index (χ2n) is 37.9. The van der Waals surface area contributed by atoms with Crippen LogP contribution in [0.3, 0.4) is 0 Å². The van der Waals surface area contributed by atoms with E-state index in [-0.39, 0.29) is 46.2 Å². The molecule has 0 bridgehead atoms. The van der Waals surface area contributed by atoms with Gasteiger partial charge in [0.1, 0.15) is 45.5 Å². The van der Waals surface area contributed by atoms with Gasteiger partial charge in [-0.15, -0.1) is 0 Å². The van der Waals surface area contributed by atoms with Gasteiger partial charge in [-0.3, -0.25) is 14.7 Å². The average Bonchev–Trinajstić information content (AvgIpc) is 1.74. The van der Waals surface area contributed by atoms with Crippen LogP contribution in [0.15, 0.2) is 226 Å². The molecule has 6 saturated heterocycles. The number of anilines is 17. The number of benzene rings is 8. The second kappa shape index (κ2) is 51.0. The van der Waals surface area contributed by atoms with E-state index in [0.717, 1.165) is 189 Å². The van der Waals surface area contributed by atoms with Crippen molar-refractivity contribution in [2.45, 2.75) is 83.8 Å². The fourth-order valence-electron chi connectivity index (χ4n) is 17.6. The second-order valence-corrected chi connectivity index (χ2v) is 48.0. The lowest BCUT2D eigenvalue weighted by Crippen LogP contribution is -2.43. The topological polar surface area (TPSA) is 357 Å². The third-order valence-electron chi connectivity index (χ3n) is 26.7. The van der Waals surface area contributed by atoms with Gasteiger partial charge in [0.05, 0.1) is 47.5 Å². The first-order chi connectivity index (χ1) is 71.3. The average molecular weight is 2210 g/mol. The summed E-state index contributed by atoms with van der Waals surface area (Å²) in [6, 6.07) is 55.0. The van der Waals surface area contributed by atoms with Crippen molar-refractivity contribution in [2.75, 3.05) is 242 Å². The Morgan fingerprint density at radius 3 is 1.09 bits per heavy atom. The number of piperazine rings is 3. The van der Waals surface area contributed by atoms with Crippen LogP contribution in [0.2, 0.25) is 25.1 Å². The van der Waals surface area contributed by atoms with Gasteiger partial charge in [-0.25, -0.2) is 66.6 Å². The number of hydrogen-bond donors (Lipinski definition) is 6. The Morgan fingerprint density at radius 2 is 0.685 bits per heavy atom. The Balaban J connectivity index is 0.000000149. The molecule has 10 heterocycles. The molecule has 12 aromatic rings. The molecule has 794 valence electrons. The summed E-state index contributed by atoms with van der Waals surface area (Å²) in [4.78, 5) is 57.9. The van der Waals surface area contributed by atoms with Gasteiger partial charge >= 0.3 is 0 Å². The van der Waals surface area contributed by atoms with Gasteiger partial charge in [0, 0.05) is 213 Å². The van der Waals surface area contributed by atoms with Crippen molar-refractivity contribution in [1.29, 1.82) is 0 Å². The maximum atomic E-state index is 14.2. The number of likely N-dealkylation sites (tertiary alicyclic amines) is 1. The highest BCUT2D eigenvalue weighted by atomic mass is 35.5. The zero-order chi connectivity index (χ0) is 106. The number of aromatic nitrogens is 8. The van der Waals surface area contributed by atoms with Gasteiger partial charge in [-0.2, -0.15) is 28.5 Å². The molecule has 0 saturated carbocycles. The first-order valence-electron chi connectivity index (χ1n) is 49.1. The van der Waals surface area contributed by atoms with Crippen LogP contribution in [0, 0.1) is 5.82 Å². The van der Waals surface area contributed by atoms with E-state index < -0.39 is 45.9 Å². The highest BCUT2D eigenvalue weighted by Crippen LogP contribution is 2.41. The number of hydrogen-bond acceptors (Lipinski definition) is 32. The maximum Gasteiger partial charge on any atom is 0.245 e. The molecule has 18 rings (SSSR count). The van der Waals surface area contributed by atoms with E-state index in [1.165, 1.54) is 107 Å². The number of likely N-dealkylation sites (N-methyl/N-ethyl adjacent to an activating group) is 3. The number of rotatable bonds is 32. The van der Waals surface area contributed by atoms with Crippen molar-refractivity contribution in [2.24, 2.45) is 0 Å². The minimum absolute atomic E-state index is 0.0898. The number of nitrogens with zero attached hydrogens (tertiary/aromatic N) is 22. The predicted octanol–water partition coefficient (Wildman–Crippen LogP) is 17.2. The third-order valence-corrected chi connectivity index (χ3v) is 35.6. The molecule has 6 aliphatic rings. The van der Waals surface area contributed by atoms with Crippen LogP contribution in [-0.2, 0) is 59.7 Å². The molecule has 6 N–H and O–H groups in total. The minimum Gasteiger partial charge on any atom is -0.372 e. The fraction of sp³-hybridized carbons (Fsp3) is 0.379. The highest BCUT2D eigenvalue weighted by Gasteiger charge is 2.35. The molecule has 0 aliphatic carbocycles. The summed E-state index contributed by atoms with van der Waals surface area (Å²) in [5, 5.41) is 20.4. The van der Waals surface area contributed by atoms with E-state index in [2.05, 4.69) is 195 Å². The smallest absolute Gasteiger partial charge is 0.245 e. The molecule has 6 aliphatic heterocycles. The summed E-state index contributed by atoms with van der Waals surface area (Å²) < 4.78 is 124. The lowest BCUT2D eigenvalue weighted by atomic mass is 10.0. The Bertz CT molecular complexity index is 7040. The van der Waals surface area contributed by atoms with E-state index in [9.17, 15) is 38.1 Å². The van der Waals surface area contributed by atoms with Crippen molar-refractivity contribution >= 4 is 196 Å².